The highest BCUT2D eigenvalue weighted by Crippen LogP contribution is 2.37. The van der Waals surface area contributed by atoms with Crippen LogP contribution >= 0.6 is 0 Å². The van der Waals surface area contributed by atoms with Gasteiger partial charge in [0.1, 0.15) is 12.4 Å². The van der Waals surface area contributed by atoms with Crippen LogP contribution in [0, 0.1) is 5.41 Å². The quantitative estimate of drug-likeness (QED) is 0.599. The largest absolute Gasteiger partial charge is 0.491 e. The Hall–Kier alpha value is -3.07. The molecule has 0 bridgehead atoms. The average Bonchev–Trinajstić information content (AvgIpc) is 2.88. The van der Waals surface area contributed by atoms with E-state index < -0.39 is 17.2 Å². The van der Waals surface area contributed by atoms with Gasteiger partial charge in [0.05, 0.1) is 24.1 Å². The van der Waals surface area contributed by atoms with Crippen LogP contribution in [0.4, 0.5) is 18.9 Å². The molecule has 2 aliphatic heterocycles. The molecular weight excluding hydrogens is 483 g/mol. The number of piperidine rings is 1. The minimum Gasteiger partial charge on any atom is -0.491 e. The molecule has 37 heavy (non-hydrogen) atoms. The van der Waals surface area contributed by atoms with Gasteiger partial charge in [0.15, 0.2) is 0 Å². The molecule has 0 unspecified atom stereocenters. The van der Waals surface area contributed by atoms with Crippen molar-refractivity contribution in [3.8, 4) is 5.75 Å². The summed E-state index contributed by atoms with van der Waals surface area (Å²) in [5.74, 6) is 0.651. The van der Waals surface area contributed by atoms with Crippen LogP contribution in [-0.2, 0) is 22.2 Å². The fourth-order valence-electron chi connectivity index (χ4n) is 5.20. The number of hydrogen-bond acceptors (Lipinski definition) is 4. The van der Waals surface area contributed by atoms with Gasteiger partial charge in [-0.25, -0.2) is 0 Å². The van der Waals surface area contributed by atoms with Crippen molar-refractivity contribution in [1.82, 2.24) is 10.2 Å². The molecule has 1 fully saturated rings. The Kier molecular flexibility index (Phi) is 8.74. The third-order valence-corrected chi connectivity index (χ3v) is 7.38. The number of nitrogens with one attached hydrogen (secondary N) is 2. The number of anilines is 1. The van der Waals surface area contributed by atoms with Crippen LogP contribution in [0.1, 0.15) is 49.7 Å². The first-order valence-corrected chi connectivity index (χ1v) is 12.9. The van der Waals surface area contributed by atoms with Gasteiger partial charge in [-0.15, -0.1) is 0 Å². The second-order valence-corrected chi connectivity index (χ2v) is 9.95. The minimum atomic E-state index is -4.41. The lowest BCUT2D eigenvalue weighted by Gasteiger charge is -2.40. The lowest BCUT2D eigenvalue weighted by Crippen LogP contribution is -2.50. The number of carbonyl (C=O) groups excluding carboxylic acids is 2. The molecule has 2 aliphatic rings. The maximum absolute atomic E-state index is 13.3. The predicted molar refractivity (Wildman–Crippen MR) is 135 cm³/mol. The molecule has 0 aromatic heterocycles. The first-order chi connectivity index (χ1) is 17.7. The molecule has 4 rings (SSSR count). The second-order valence-electron chi connectivity index (χ2n) is 9.95. The van der Waals surface area contributed by atoms with E-state index in [1.807, 2.05) is 23.1 Å². The van der Waals surface area contributed by atoms with Crippen molar-refractivity contribution in [2.24, 2.45) is 5.41 Å². The zero-order valence-corrected chi connectivity index (χ0v) is 20.9. The van der Waals surface area contributed by atoms with E-state index in [0.29, 0.717) is 44.8 Å². The van der Waals surface area contributed by atoms with E-state index >= 15 is 0 Å². The SMILES string of the molecule is O=C(CN1CCC2(CCCCCc3ccccc3OCCNC2=O)CC1)Nc1ccc(C(F)(F)F)cc1. The number of likely N-dealkylation sites (tertiary alicyclic amines) is 1. The van der Waals surface area contributed by atoms with Crippen molar-refractivity contribution >= 4 is 17.5 Å². The highest BCUT2D eigenvalue weighted by molar-refractivity contribution is 5.92. The summed E-state index contributed by atoms with van der Waals surface area (Å²) in [7, 11) is 0. The van der Waals surface area contributed by atoms with Crippen molar-refractivity contribution in [2.45, 2.75) is 51.1 Å². The molecule has 0 aliphatic carbocycles. The highest BCUT2D eigenvalue weighted by atomic mass is 19.4. The molecule has 2 aromatic carbocycles. The van der Waals surface area contributed by atoms with Gasteiger partial charge >= 0.3 is 6.18 Å². The summed E-state index contributed by atoms with van der Waals surface area (Å²) in [4.78, 5) is 27.8. The van der Waals surface area contributed by atoms with Gasteiger partial charge in [0.25, 0.3) is 0 Å². The molecule has 0 saturated carbocycles. The number of alkyl halides is 3. The summed E-state index contributed by atoms with van der Waals surface area (Å²) in [6, 6.07) is 12.5. The van der Waals surface area contributed by atoms with Gasteiger partial charge in [-0.3, -0.25) is 14.5 Å². The van der Waals surface area contributed by atoms with Crippen LogP contribution in [0.2, 0.25) is 0 Å². The van der Waals surface area contributed by atoms with Crippen LogP contribution in [0.25, 0.3) is 0 Å². The van der Waals surface area contributed by atoms with Gasteiger partial charge in [0.2, 0.25) is 11.8 Å². The molecule has 2 aromatic rings. The zero-order valence-electron chi connectivity index (χ0n) is 20.9. The molecule has 2 N–H and O–H groups in total. The van der Waals surface area contributed by atoms with Crippen molar-refractivity contribution in [1.29, 1.82) is 0 Å². The first-order valence-electron chi connectivity index (χ1n) is 12.9. The van der Waals surface area contributed by atoms with Crippen LogP contribution in [0.3, 0.4) is 0 Å². The maximum atomic E-state index is 13.3. The number of halogens is 3. The zero-order chi connectivity index (χ0) is 26.3. The van der Waals surface area contributed by atoms with Crippen LogP contribution in [0.15, 0.2) is 48.5 Å². The predicted octanol–water partition coefficient (Wildman–Crippen LogP) is 5.04. The van der Waals surface area contributed by atoms with Crippen LogP contribution < -0.4 is 15.4 Å². The Bertz CT molecular complexity index is 1060. The average molecular weight is 518 g/mol. The van der Waals surface area contributed by atoms with Crippen LogP contribution in [-0.4, -0.2) is 49.5 Å². The van der Waals surface area contributed by atoms with E-state index in [0.717, 1.165) is 50.0 Å². The van der Waals surface area contributed by atoms with E-state index in [1.54, 1.807) is 0 Å². The molecule has 6 nitrogen and oxygen atoms in total. The van der Waals surface area contributed by atoms with Crippen molar-refractivity contribution in [2.75, 3.05) is 38.1 Å². The third-order valence-electron chi connectivity index (χ3n) is 7.38. The smallest absolute Gasteiger partial charge is 0.416 e. The lowest BCUT2D eigenvalue weighted by molar-refractivity contribution is -0.137. The van der Waals surface area contributed by atoms with E-state index in [4.69, 9.17) is 4.74 Å². The Morgan fingerprint density at radius 2 is 1.73 bits per heavy atom. The van der Waals surface area contributed by atoms with Gasteiger partial charge in [-0.1, -0.05) is 31.0 Å². The molecular formula is C28H34F3N3O3. The monoisotopic (exact) mass is 517 g/mol. The number of benzene rings is 2. The Balaban J connectivity index is 1.29. The number of aryl methyl sites for hydroxylation is 1. The lowest BCUT2D eigenvalue weighted by atomic mass is 9.73. The number of amides is 2. The van der Waals surface area contributed by atoms with Gasteiger partial charge in [-0.05, 0) is 81.1 Å². The summed E-state index contributed by atoms with van der Waals surface area (Å²) in [6.45, 7) is 2.19. The Labute approximate surface area is 215 Å². The molecule has 9 heteroatoms. The first kappa shape index (κ1) is 27.0. The Morgan fingerprint density at radius 1 is 1.00 bits per heavy atom. The number of hydrogen-bond donors (Lipinski definition) is 2. The fourth-order valence-corrected chi connectivity index (χ4v) is 5.20. The molecule has 1 saturated heterocycles. The van der Waals surface area contributed by atoms with Crippen molar-refractivity contribution in [3.05, 3.63) is 59.7 Å². The fraction of sp³-hybridized carbons (Fsp3) is 0.500. The third kappa shape index (κ3) is 7.25. The van der Waals surface area contributed by atoms with Gasteiger partial charge < -0.3 is 15.4 Å². The summed E-state index contributed by atoms with van der Waals surface area (Å²) in [5, 5.41) is 5.74. The molecule has 2 amide bonds. The molecule has 2 heterocycles. The minimum absolute atomic E-state index is 0.0532. The number of rotatable bonds is 3. The number of ether oxygens (including phenoxy) is 1. The molecule has 200 valence electrons. The van der Waals surface area contributed by atoms with Crippen molar-refractivity contribution < 1.29 is 27.5 Å². The van der Waals surface area contributed by atoms with Gasteiger partial charge in [0, 0.05) is 5.69 Å². The maximum Gasteiger partial charge on any atom is 0.416 e. The standard InChI is InChI=1S/C28H34F3N3O3/c29-28(30,31)22-9-11-23(12-10-22)33-25(35)20-34-17-14-27(15-18-34)13-5-1-2-6-21-7-3-4-8-24(21)37-19-16-32-26(27)36/h3-4,7-12H,1-2,5-6,13-20H2,(H,32,36)(H,33,35). The Morgan fingerprint density at radius 3 is 2.46 bits per heavy atom. The molecule has 1 spiro atoms. The number of fused-ring (bicyclic) bond motifs is 1. The summed E-state index contributed by atoms with van der Waals surface area (Å²) in [5.41, 5.74) is 0.311. The molecule has 0 atom stereocenters. The highest BCUT2D eigenvalue weighted by Gasteiger charge is 2.41. The van der Waals surface area contributed by atoms with Crippen LogP contribution in [0.5, 0.6) is 5.75 Å². The number of nitrogens with zero attached hydrogens (tertiary/aromatic N) is 1. The van der Waals surface area contributed by atoms with E-state index in [9.17, 15) is 22.8 Å². The molecule has 0 radical (unpaired) electrons. The van der Waals surface area contributed by atoms with E-state index in [2.05, 4.69) is 16.7 Å². The van der Waals surface area contributed by atoms with Crippen molar-refractivity contribution in [3.63, 3.8) is 0 Å². The summed E-state index contributed by atoms with van der Waals surface area (Å²) < 4.78 is 44.2. The number of para-hydroxylation sites is 1. The van der Waals surface area contributed by atoms with E-state index in [1.165, 1.54) is 17.7 Å². The normalized spacial score (nSPS) is 19.4. The number of carbonyl (C=O) groups is 2. The van der Waals surface area contributed by atoms with E-state index in [-0.39, 0.29) is 18.4 Å². The van der Waals surface area contributed by atoms with Gasteiger partial charge in [-0.2, -0.15) is 13.2 Å². The summed E-state index contributed by atoms with van der Waals surface area (Å²) in [6.07, 6.45) is 1.70. The summed E-state index contributed by atoms with van der Waals surface area (Å²) >= 11 is 0. The second kappa shape index (κ2) is 12.0. The topological polar surface area (TPSA) is 70.7 Å².